The maximum absolute atomic E-state index is 10.9. The van der Waals surface area contributed by atoms with Crippen LogP contribution in [0.25, 0.3) is 6.08 Å². The Morgan fingerprint density at radius 1 is 1.50 bits per heavy atom. The van der Waals surface area contributed by atoms with Crippen LogP contribution in [0.15, 0.2) is 24.5 Å². The number of aromatic carboxylic acids is 1. The maximum atomic E-state index is 10.9. The van der Waals surface area contributed by atoms with Crippen LogP contribution in [0.5, 0.6) is 0 Å². The van der Waals surface area contributed by atoms with Gasteiger partial charge in [-0.3, -0.25) is 10.1 Å². The Labute approximate surface area is 102 Å². The number of aliphatic hydroxyl groups is 1. The molecule has 7 nitrogen and oxygen atoms in total. The Bertz CT molecular complexity index is 482. The van der Waals surface area contributed by atoms with E-state index >= 15 is 0 Å². The fraction of sp³-hybridized carbons (Fsp3) is 0.182. The lowest BCUT2D eigenvalue weighted by molar-refractivity contribution is -0.384. The molecule has 0 bridgehead atoms. The van der Waals surface area contributed by atoms with Crippen molar-refractivity contribution >= 4 is 17.7 Å². The van der Waals surface area contributed by atoms with Crippen molar-refractivity contribution in [3.8, 4) is 0 Å². The number of nitrogens with zero attached hydrogens (tertiary/aromatic N) is 1. The topological polar surface area (TPSA) is 110 Å². The Morgan fingerprint density at radius 2 is 2.22 bits per heavy atom. The van der Waals surface area contributed by atoms with Gasteiger partial charge < -0.3 is 14.9 Å². The molecule has 0 aliphatic carbocycles. The van der Waals surface area contributed by atoms with Crippen molar-refractivity contribution in [1.29, 1.82) is 0 Å². The predicted octanol–water partition coefficient (Wildman–Crippen LogP) is 1.27. The average molecular weight is 253 g/mol. The molecule has 0 atom stereocenters. The molecule has 1 aromatic carbocycles. The summed E-state index contributed by atoms with van der Waals surface area (Å²) in [6, 6.07) is 3.42. The Morgan fingerprint density at radius 3 is 2.78 bits per heavy atom. The number of benzene rings is 1. The van der Waals surface area contributed by atoms with Gasteiger partial charge >= 0.3 is 5.97 Å². The van der Waals surface area contributed by atoms with Crippen LogP contribution in [0.2, 0.25) is 0 Å². The number of rotatable bonds is 6. The van der Waals surface area contributed by atoms with E-state index in [0.29, 0.717) is 0 Å². The Kier molecular flexibility index (Phi) is 4.82. The molecule has 2 N–H and O–H groups in total. The van der Waals surface area contributed by atoms with Gasteiger partial charge in [0.1, 0.15) is 6.61 Å². The summed E-state index contributed by atoms with van der Waals surface area (Å²) in [6.45, 7) is -0.112. The molecule has 0 amide bonds. The first-order valence-electron chi connectivity index (χ1n) is 4.97. The van der Waals surface area contributed by atoms with Gasteiger partial charge in [0.05, 0.1) is 23.4 Å². The zero-order valence-electron chi connectivity index (χ0n) is 9.28. The van der Waals surface area contributed by atoms with Crippen LogP contribution in [0.4, 0.5) is 5.69 Å². The third-order valence-corrected chi connectivity index (χ3v) is 2.03. The van der Waals surface area contributed by atoms with Gasteiger partial charge in [0, 0.05) is 12.1 Å². The maximum Gasteiger partial charge on any atom is 0.336 e. The summed E-state index contributed by atoms with van der Waals surface area (Å²) in [4.78, 5) is 20.9. The molecule has 0 aromatic heterocycles. The van der Waals surface area contributed by atoms with Crippen LogP contribution in [-0.4, -0.2) is 34.3 Å². The van der Waals surface area contributed by atoms with Crippen LogP contribution < -0.4 is 0 Å². The molecular formula is C11H11NO6. The number of hydrogen-bond acceptors (Lipinski definition) is 5. The minimum absolute atomic E-state index is 0.0633. The van der Waals surface area contributed by atoms with Crippen LogP contribution >= 0.6 is 0 Å². The SMILES string of the molecule is O=C(O)c1ccc([N+](=O)[O-])cc1/C=C/OCCO. The molecule has 18 heavy (non-hydrogen) atoms. The third-order valence-electron chi connectivity index (χ3n) is 2.03. The zero-order chi connectivity index (χ0) is 13.5. The van der Waals surface area contributed by atoms with E-state index in [-0.39, 0.29) is 30.0 Å². The molecule has 0 spiro atoms. The van der Waals surface area contributed by atoms with Gasteiger partial charge in [-0.2, -0.15) is 0 Å². The van der Waals surface area contributed by atoms with E-state index in [1.54, 1.807) is 0 Å². The number of non-ortho nitro benzene ring substituents is 1. The molecule has 0 heterocycles. The summed E-state index contributed by atoms with van der Waals surface area (Å²) in [5, 5.41) is 28.0. The minimum atomic E-state index is -1.19. The molecule has 0 saturated carbocycles. The fourth-order valence-electron chi connectivity index (χ4n) is 1.24. The zero-order valence-corrected chi connectivity index (χ0v) is 9.28. The average Bonchev–Trinajstić information content (AvgIpc) is 2.34. The van der Waals surface area contributed by atoms with E-state index in [0.717, 1.165) is 18.2 Å². The van der Waals surface area contributed by atoms with Crippen molar-refractivity contribution in [3.05, 3.63) is 45.7 Å². The third kappa shape index (κ3) is 3.56. The molecule has 96 valence electrons. The van der Waals surface area contributed by atoms with Crippen molar-refractivity contribution in [3.63, 3.8) is 0 Å². The van der Waals surface area contributed by atoms with Gasteiger partial charge in [-0.25, -0.2) is 4.79 Å². The summed E-state index contributed by atoms with van der Waals surface area (Å²) in [5.74, 6) is -1.19. The first kappa shape index (κ1) is 13.7. The summed E-state index contributed by atoms with van der Waals surface area (Å²) in [7, 11) is 0. The highest BCUT2D eigenvalue weighted by atomic mass is 16.6. The number of hydrogen-bond donors (Lipinski definition) is 2. The number of carboxylic acids is 1. The second-order valence-corrected chi connectivity index (χ2v) is 3.23. The summed E-state index contributed by atoms with van der Waals surface area (Å²) >= 11 is 0. The molecule has 0 saturated heterocycles. The fourth-order valence-corrected chi connectivity index (χ4v) is 1.24. The molecule has 0 fully saturated rings. The highest BCUT2D eigenvalue weighted by Crippen LogP contribution is 2.19. The van der Waals surface area contributed by atoms with E-state index in [1.807, 2.05) is 0 Å². The van der Waals surface area contributed by atoms with Gasteiger partial charge in [-0.15, -0.1) is 0 Å². The molecule has 0 radical (unpaired) electrons. The van der Waals surface area contributed by atoms with Crippen molar-refractivity contribution < 1.29 is 24.7 Å². The van der Waals surface area contributed by atoms with Gasteiger partial charge in [0.15, 0.2) is 0 Å². The smallest absolute Gasteiger partial charge is 0.336 e. The van der Waals surface area contributed by atoms with E-state index in [9.17, 15) is 14.9 Å². The molecule has 7 heteroatoms. The number of carboxylic acid groups (broad SMARTS) is 1. The predicted molar refractivity (Wildman–Crippen MR) is 62.1 cm³/mol. The van der Waals surface area contributed by atoms with Crippen LogP contribution in [0.1, 0.15) is 15.9 Å². The highest BCUT2D eigenvalue weighted by molar-refractivity contribution is 5.92. The van der Waals surface area contributed by atoms with Crippen LogP contribution in [-0.2, 0) is 4.74 Å². The van der Waals surface area contributed by atoms with E-state index in [1.165, 1.54) is 12.3 Å². The highest BCUT2D eigenvalue weighted by Gasteiger charge is 2.13. The molecular weight excluding hydrogens is 242 g/mol. The van der Waals surface area contributed by atoms with Crippen molar-refractivity contribution in [2.24, 2.45) is 0 Å². The molecule has 0 aliphatic rings. The van der Waals surface area contributed by atoms with Gasteiger partial charge in [-0.1, -0.05) is 0 Å². The normalized spacial score (nSPS) is 10.5. The standard InChI is InChI=1S/C11H11NO6/c13-4-6-18-5-3-8-7-9(12(16)17)1-2-10(8)11(14)15/h1-3,5,7,13H,4,6H2,(H,14,15)/b5-3+. The quantitative estimate of drug-likeness (QED) is 0.342. The second kappa shape index (κ2) is 6.36. The monoisotopic (exact) mass is 253 g/mol. The molecule has 1 aromatic rings. The van der Waals surface area contributed by atoms with E-state index in [2.05, 4.69) is 0 Å². The van der Waals surface area contributed by atoms with Crippen molar-refractivity contribution in [2.45, 2.75) is 0 Å². The Hall–Kier alpha value is -2.41. The van der Waals surface area contributed by atoms with E-state index in [4.69, 9.17) is 14.9 Å². The lowest BCUT2D eigenvalue weighted by Gasteiger charge is -2.01. The number of aliphatic hydroxyl groups excluding tert-OH is 1. The van der Waals surface area contributed by atoms with Crippen LogP contribution in [0.3, 0.4) is 0 Å². The van der Waals surface area contributed by atoms with Crippen LogP contribution in [0, 0.1) is 10.1 Å². The lowest BCUT2D eigenvalue weighted by atomic mass is 10.1. The van der Waals surface area contributed by atoms with Gasteiger partial charge in [0.25, 0.3) is 5.69 Å². The number of carbonyl (C=O) groups is 1. The van der Waals surface area contributed by atoms with Crippen molar-refractivity contribution in [2.75, 3.05) is 13.2 Å². The molecule has 0 unspecified atom stereocenters. The lowest BCUT2D eigenvalue weighted by Crippen LogP contribution is -2.01. The van der Waals surface area contributed by atoms with Crippen molar-refractivity contribution in [1.82, 2.24) is 0 Å². The molecule has 1 rings (SSSR count). The number of nitro groups is 1. The first-order chi connectivity index (χ1) is 8.56. The molecule has 0 aliphatic heterocycles. The largest absolute Gasteiger partial charge is 0.499 e. The summed E-state index contributed by atoms with van der Waals surface area (Å²) < 4.78 is 4.83. The number of ether oxygens (including phenoxy) is 1. The Balaban J connectivity index is 3.03. The minimum Gasteiger partial charge on any atom is -0.499 e. The van der Waals surface area contributed by atoms with Gasteiger partial charge in [0.2, 0.25) is 0 Å². The van der Waals surface area contributed by atoms with Gasteiger partial charge in [-0.05, 0) is 17.7 Å². The first-order valence-corrected chi connectivity index (χ1v) is 4.97. The second-order valence-electron chi connectivity index (χ2n) is 3.23. The number of nitro benzene ring substituents is 1. The summed E-state index contributed by atoms with van der Waals surface area (Å²) in [6.07, 6.45) is 2.48. The summed E-state index contributed by atoms with van der Waals surface area (Å²) in [5.41, 5.74) is -0.110. The van der Waals surface area contributed by atoms with E-state index < -0.39 is 10.9 Å².